The van der Waals surface area contributed by atoms with Crippen LogP contribution in [0.15, 0.2) is 42.6 Å². The molecule has 2 aromatic rings. The molecule has 1 saturated heterocycles. The predicted octanol–water partition coefficient (Wildman–Crippen LogP) is 3.81. The van der Waals surface area contributed by atoms with Crippen molar-refractivity contribution in [1.29, 1.82) is 0 Å². The third-order valence-electron chi connectivity index (χ3n) is 4.19. The Morgan fingerprint density at radius 2 is 2.00 bits per heavy atom. The highest BCUT2D eigenvalue weighted by molar-refractivity contribution is 6.33. The number of likely N-dealkylation sites (tertiary alicyclic amines) is 1. The summed E-state index contributed by atoms with van der Waals surface area (Å²) in [5.74, 6) is -0.566. The Morgan fingerprint density at radius 1 is 1.26 bits per heavy atom. The molecule has 0 saturated carbocycles. The van der Waals surface area contributed by atoms with Gasteiger partial charge in [0.05, 0.1) is 5.02 Å². The number of nitrogens with one attached hydrogen (secondary N) is 1. The first-order valence-electron chi connectivity index (χ1n) is 8.30. The fourth-order valence-electron chi connectivity index (χ4n) is 2.85. The van der Waals surface area contributed by atoms with E-state index in [4.69, 9.17) is 28.3 Å². The minimum Gasteiger partial charge on any atom is -0.478 e. The van der Waals surface area contributed by atoms with Crippen LogP contribution in [-0.2, 0) is 4.79 Å². The van der Waals surface area contributed by atoms with Gasteiger partial charge in [0.25, 0.3) is 5.91 Å². The number of carbonyl (C=O) groups excluding carboxylic acids is 1. The summed E-state index contributed by atoms with van der Waals surface area (Å²) in [5.41, 5.74) is 1.20. The first-order chi connectivity index (χ1) is 12.9. The van der Waals surface area contributed by atoms with Crippen LogP contribution in [0.25, 0.3) is 6.08 Å². The molecule has 3 rings (SSSR count). The number of aliphatic carboxylic acids is 1. The van der Waals surface area contributed by atoms with E-state index in [1.807, 2.05) is 0 Å². The summed E-state index contributed by atoms with van der Waals surface area (Å²) in [5, 5.41) is 12.9. The summed E-state index contributed by atoms with van der Waals surface area (Å²) >= 11 is 12.1. The van der Waals surface area contributed by atoms with E-state index in [-0.39, 0.29) is 11.9 Å². The molecule has 6 nitrogen and oxygen atoms in total. The van der Waals surface area contributed by atoms with Gasteiger partial charge in [0.2, 0.25) is 0 Å². The standard InChI is InChI=1S/C19H17Cl2N3O3/c20-14-4-2-13(3-5-14)19(27)24-8-7-15(11-24)23-18-16(21)9-12(10-22-18)1-6-17(25)26/h1-6,9-10,15H,7-8,11H2,(H,22,23)(H,25,26)/t15-/m1/s1. The highest BCUT2D eigenvalue weighted by Gasteiger charge is 2.27. The van der Waals surface area contributed by atoms with Crippen LogP contribution in [-0.4, -0.2) is 46.0 Å². The molecule has 1 aromatic carbocycles. The Hall–Kier alpha value is -2.57. The van der Waals surface area contributed by atoms with E-state index in [2.05, 4.69) is 10.3 Å². The molecule has 27 heavy (non-hydrogen) atoms. The molecule has 1 aromatic heterocycles. The van der Waals surface area contributed by atoms with Gasteiger partial charge in [0.1, 0.15) is 5.82 Å². The van der Waals surface area contributed by atoms with Gasteiger partial charge in [-0.1, -0.05) is 23.2 Å². The molecule has 2 N–H and O–H groups in total. The Kier molecular flexibility index (Phi) is 5.98. The second-order valence-corrected chi connectivity index (χ2v) is 7.00. The molecule has 0 aliphatic carbocycles. The Labute approximate surface area is 166 Å². The molecule has 0 bridgehead atoms. The van der Waals surface area contributed by atoms with Crippen molar-refractivity contribution in [3.05, 3.63) is 63.8 Å². The van der Waals surface area contributed by atoms with Gasteiger partial charge in [-0.25, -0.2) is 9.78 Å². The maximum Gasteiger partial charge on any atom is 0.328 e. The number of rotatable bonds is 5. The summed E-state index contributed by atoms with van der Waals surface area (Å²) in [6, 6.07) is 8.50. The lowest BCUT2D eigenvalue weighted by Crippen LogP contribution is -2.31. The summed E-state index contributed by atoms with van der Waals surface area (Å²) in [6.45, 7) is 1.18. The van der Waals surface area contributed by atoms with Crippen molar-refractivity contribution in [2.75, 3.05) is 18.4 Å². The van der Waals surface area contributed by atoms with E-state index in [0.29, 0.717) is 40.1 Å². The van der Waals surface area contributed by atoms with Crippen molar-refractivity contribution < 1.29 is 14.7 Å². The third kappa shape index (κ3) is 4.99. The van der Waals surface area contributed by atoms with Crippen LogP contribution in [0.4, 0.5) is 5.82 Å². The van der Waals surface area contributed by atoms with Crippen LogP contribution in [0.2, 0.25) is 10.0 Å². The number of hydrogen-bond donors (Lipinski definition) is 2. The van der Waals surface area contributed by atoms with E-state index in [1.54, 1.807) is 41.4 Å². The average molecular weight is 406 g/mol. The zero-order chi connectivity index (χ0) is 19.4. The maximum absolute atomic E-state index is 12.6. The van der Waals surface area contributed by atoms with Crippen LogP contribution in [0.1, 0.15) is 22.3 Å². The summed E-state index contributed by atoms with van der Waals surface area (Å²) < 4.78 is 0. The molecule has 8 heteroatoms. The topological polar surface area (TPSA) is 82.5 Å². The number of amides is 1. The fraction of sp³-hybridized carbons (Fsp3) is 0.211. The normalized spacial score (nSPS) is 16.7. The smallest absolute Gasteiger partial charge is 0.328 e. The van der Waals surface area contributed by atoms with Crippen LogP contribution >= 0.6 is 23.2 Å². The minimum absolute atomic E-state index is 0.0339. The highest BCUT2D eigenvalue weighted by Crippen LogP contribution is 2.24. The summed E-state index contributed by atoms with van der Waals surface area (Å²) in [6.07, 6.45) is 4.77. The van der Waals surface area contributed by atoms with E-state index in [9.17, 15) is 9.59 Å². The fourth-order valence-corrected chi connectivity index (χ4v) is 3.20. The Balaban J connectivity index is 1.62. The number of anilines is 1. The number of nitrogens with zero attached hydrogens (tertiary/aromatic N) is 2. The second kappa shape index (κ2) is 8.41. The number of carboxylic acid groups (broad SMARTS) is 1. The molecule has 0 radical (unpaired) electrons. The zero-order valence-corrected chi connectivity index (χ0v) is 15.7. The molecule has 140 valence electrons. The number of carboxylic acids is 1. The average Bonchev–Trinajstić information content (AvgIpc) is 3.10. The molecule has 1 aliphatic rings. The van der Waals surface area contributed by atoms with Crippen LogP contribution < -0.4 is 5.32 Å². The molecule has 2 heterocycles. The lowest BCUT2D eigenvalue weighted by atomic mass is 10.2. The zero-order valence-electron chi connectivity index (χ0n) is 14.2. The molecule has 0 unspecified atom stereocenters. The minimum atomic E-state index is -1.04. The van der Waals surface area contributed by atoms with Gasteiger partial charge < -0.3 is 15.3 Å². The van der Waals surface area contributed by atoms with E-state index in [1.165, 1.54) is 6.08 Å². The first kappa shape index (κ1) is 19.2. The van der Waals surface area contributed by atoms with Crippen molar-refractivity contribution in [2.45, 2.75) is 12.5 Å². The third-order valence-corrected chi connectivity index (χ3v) is 4.73. The number of aromatic nitrogens is 1. The Bertz CT molecular complexity index is 884. The van der Waals surface area contributed by atoms with Gasteiger partial charge in [0, 0.05) is 42.0 Å². The summed E-state index contributed by atoms with van der Waals surface area (Å²) in [4.78, 5) is 29.1. The van der Waals surface area contributed by atoms with Crippen molar-refractivity contribution in [1.82, 2.24) is 9.88 Å². The van der Waals surface area contributed by atoms with Crippen molar-refractivity contribution in [2.24, 2.45) is 0 Å². The first-order valence-corrected chi connectivity index (χ1v) is 9.06. The number of halogens is 2. The van der Waals surface area contributed by atoms with E-state index >= 15 is 0 Å². The Morgan fingerprint density at radius 3 is 2.67 bits per heavy atom. The quantitative estimate of drug-likeness (QED) is 0.738. The SMILES string of the molecule is O=C(O)C=Cc1cnc(N[C@@H]2CCN(C(=O)c3ccc(Cl)cc3)C2)c(Cl)c1. The highest BCUT2D eigenvalue weighted by atomic mass is 35.5. The van der Waals surface area contributed by atoms with Crippen molar-refractivity contribution in [3.8, 4) is 0 Å². The molecule has 1 fully saturated rings. The van der Waals surface area contributed by atoms with Gasteiger partial charge in [-0.05, 0) is 48.4 Å². The van der Waals surface area contributed by atoms with Crippen LogP contribution in [0.5, 0.6) is 0 Å². The maximum atomic E-state index is 12.6. The van der Waals surface area contributed by atoms with E-state index in [0.717, 1.165) is 12.5 Å². The van der Waals surface area contributed by atoms with Crippen LogP contribution in [0, 0.1) is 0 Å². The number of benzene rings is 1. The van der Waals surface area contributed by atoms with Gasteiger partial charge in [-0.3, -0.25) is 4.79 Å². The number of hydrogen-bond acceptors (Lipinski definition) is 4. The molecular formula is C19H17Cl2N3O3. The predicted molar refractivity (Wildman–Crippen MR) is 105 cm³/mol. The number of carbonyl (C=O) groups is 2. The van der Waals surface area contributed by atoms with Gasteiger partial charge in [-0.15, -0.1) is 0 Å². The molecular weight excluding hydrogens is 389 g/mol. The molecule has 0 spiro atoms. The van der Waals surface area contributed by atoms with Crippen molar-refractivity contribution >= 4 is 47.0 Å². The van der Waals surface area contributed by atoms with Crippen molar-refractivity contribution in [3.63, 3.8) is 0 Å². The monoisotopic (exact) mass is 405 g/mol. The largest absolute Gasteiger partial charge is 0.478 e. The van der Waals surface area contributed by atoms with Gasteiger partial charge >= 0.3 is 5.97 Å². The lowest BCUT2D eigenvalue weighted by molar-refractivity contribution is -0.131. The van der Waals surface area contributed by atoms with Gasteiger partial charge in [-0.2, -0.15) is 0 Å². The van der Waals surface area contributed by atoms with E-state index < -0.39 is 5.97 Å². The number of pyridine rings is 1. The lowest BCUT2D eigenvalue weighted by Gasteiger charge is -2.18. The molecule has 1 amide bonds. The van der Waals surface area contributed by atoms with Crippen LogP contribution in [0.3, 0.4) is 0 Å². The molecule has 1 atom stereocenters. The summed E-state index contributed by atoms with van der Waals surface area (Å²) in [7, 11) is 0. The second-order valence-electron chi connectivity index (χ2n) is 6.16. The molecule has 1 aliphatic heterocycles. The van der Waals surface area contributed by atoms with Gasteiger partial charge in [0.15, 0.2) is 0 Å².